The number of carbonyl (C=O) groups excluding carboxylic acids is 2. The fourth-order valence-electron chi connectivity index (χ4n) is 2.71. The van der Waals surface area contributed by atoms with Gasteiger partial charge in [0, 0.05) is 6.04 Å². The maximum atomic E-state index is 12.2. The first-order valence-corrected chi connectivity index (χ1v) is 6.13. The van der Waals surface area contributed by atoms with Gasteiger partial charge in [0.15, 0.2) is 0 Å². The van der Waals surface area contributed by atoms with Gasteiger partial charge in [-0.05, 0) is 26.7 Å². The second-order valence-electron chi connectivity index (χ2n) is 5.40. The standard InChI is InChI=1S/C12H20N2O2/c1-12(2)11(16)14(8-10(15)13-12)9-6-4-3-5-7-9/h9H,3-8H2,1-2H3,(H,13,15). The van der Waals surface area contributed by atoms with E-state index in [4.69, 9.17) is 0 Å². The third-order valence-electron chi connectivity index (χ3n) is 3.58. The molecule has 1 aliphatic heterocycles. The first-order valence-electron chi connectivity index (χ1n) is 6.13. The lowest BCUT2D eigenvalue weighted by Gasteiger charge is -2.42. The molecule has 0 atom stereocenters. The van der Waals surface area contributed by atoms with Gasteiger partial charge in [0.2, 0.25) is 11.8 Å². The summed E-state index contributed by atoms with van der Waals surface area (Å²) in [6.07, 6.45) is 5.71. The highest BCUT2D eigenvalue weighted by Gasteiger charge is 2.41. The molecule has 0 aromatic carbocycles. The molecule has 1 heterocycles. The lowest BCUT2D eigenvalue weighted by atomic mass is 9.91. The van der Waals surface area contributed by atoms with E-state index in [0.717, 1.165) is 12.8 Å². The Morgan fingerprint density at radius 2 is 1.81 bits per heavy atom. The van der Waals surface area contributed by atoms with Gasteiger partial charge in [-0.3, -0.25) is 9.59 Å². The van der Waals surface area contributed by atoms with E-state index in [9.17, 15) is 9.59 Å². The molecule has 4 nitrogen and oxygen atoms in total. The second kappa shape index (κ2) is 4.07. The molecule has 16 heavy (non-hydrogen) atoms. The zero-order valence-electron chi connectivity index (χ0n) is 10.1. The van der Waals surface area contributed by atoms with Crippen LogP contribution >= 0.6 is 0 Å². The van der Waals surface area contributed by atoms with Crippen molar-refractivity contribution in [1.29, 1.82) is 0 Å². The third-order valence-corrected chi connectivity index (χ3v) is 3.58. The summed E-state index contributed by atoms with van der Waals surface area (Å²) in [4.78, 5) is 25.6. The summed E-state index contributed by atoms with van der Waals surface area (Å²) in [6.45, 7) is 3.80. The molecule has 1 aliphatic carbocycles. The van der Waals surface area contributed by atoms with Gasteiger partial charge in [-0.25, -0.2) is 0 Å². The highest BCUT2D eigenvalue weighted by molar-refractivity contribution is 5.97. The minimum atomic E-state index is -0.729. The van der Waals surface area contributed by atoms with Crippen LogP contribution in [0.15, 0.2) is 0 Å². The van der Waals surface area contributed by atoms with Crippen LogP contribution in [0.3, 0.4) is 0 Å². The van der Waals surface area contributed by atoms with Gasteiger partial charge in [0.25, 0.3) is 0 Å². The maximum absolute atomic E-state index is 12.2. The second-order valence-corrected chi connectivity index (χ2v) is 5.40. The highest BCUT2D eigenvalue weighted by atomic mass is 16.2. The van der Waals surface area contributed by atoms with E-state index in [0.29, 0.717) is 0 Å². The predicted molar refractivity (Wildman–Crippen MR) is 60.8 cm³/mol. The number of nitrogens with zero attached hydrogens (tertiary/aromatic N) is 1. The lowest BCUT2D eigenvalue weighted by molar-refractivity contribution is -0.151. The van der Waals surface area contributed by atoms with E-state index < -0.39 is 5.54 Å². The van der Waals surface area contributed by atoms with Crippen LogP contribution in [0, 0.1) is 0 Å². The van der Waals surface area contributed by atoms with Gasteiger partial charge >= 0.3 is 0 Å². The molecule has 4 heteroatoms. The summed E-state index contributed by atoms with van der Waals surface area (Å²) in [5.74, 6) is 0.0363. The molecule has 1 N–H and O–H groups in total. The van der Waals surface area contributed by atoms with Crippen molar-refractivity contribution in [2.75, 3.05) is 6.54 Å². The smallest absolute Gasteiger partial charge is 0.248 e. The van der Waals surface area contributed by atoms with Crippen molar-refractivity contribution in [2.45, 2.75) is 57.5 Å². The summed E-state index contributed by atoms with van der Waals surface area (Å²) in [6, 6.07) is 0.284. The molecule has 2 fully saturated rings. The zero-order chi connectivity index (χ0) is 11.8. The predicted octanol–water partition coefficient (Wildman–Crippen LogP) is 1.06. The van der Waals surface area contributed by atoms with Crippen LogP contribution in [0.4, 0.5) is 0 Å². The number of amides is 2. The molecule has 2 rings (SSSR count). The van der Waals surface area contributed by atoms with Crippen LogP contribution in [0.25, 0.3) is 0 Å². The Kier molecular flexibility index (Phi) is 2.91. The van der Waals surface area contributed by atoms with Crippen molar-refractivity contribution < 1.29 is 9.59 Å². The van der Waals surface area contributed by atoms with Crippen LogP contribution in [-0.2, 0) is 9.59 Å². The van der Waals surface area contributed by atoms with Crippen LogP contribution in [0.1, 0.15) is 46.0 Å². The Morgan fingerprint density at radius 3 is 2.44 bits per heavy atom. The van der Waals surface area contributed by atoms with Crippen molar-refractivity contribution in [1.82, 2.24) is 10.2 Å². The molecule has 0 spiro atoms. The number of nitrogens with one attached hydrogen (secondary N) is 1. The van der Waals surface area contributed by atoms with Crippen LogP contribution in [-0.4, -0.2) is 34.8 Å². The first-order chi connectivity index (χ1) is 7.50. The summed E-state index contributed by atoms with van der Waals surface area (Å²) in [5.41, 5.74) is -0.729. The quantitative estimate of drug-likeness (QED) is 0.724. The Bertz CT molecular complexity index is 306. The average Bonchev–Trinajstić information content (AvgIpc) is 2.24. The molecule has 1 saturated heterocycles. The van der Waals surface area contributed by atoms with E-state index in [1.807, 2.05) is 0 Å². The van der Waals surface area contributed by atoms with E-state index >= 15 is 0 Å². The van der Waals surface area contributed by atoms with Gasteiger partial charge in [-0.15, -0.1) is 0 Å². The fourth-order valence-corrected chi connectivity index (χ4v) is 2.71. The molecule has 0 bridgehead atoms. The zero-order valence-corrected chi connectivity index (χ0v) is 10.1. The Hall–Kier alpha value is -1.06. The molecule has 1 saturated carbocycles. The molecular weight excluding hydrogens is 204 g/mol. The lowest BCUT2D eigenvalue weighted by Crippen LogP contribution is -2.65. The number of piperazine rings is 1. The molecule has 0 aromatic rings. The Labute approximate surface area is 96.4 Å². The molecule has 0 aromatic heterocycles. The Morgan fingerprint density at radius 1 is 1.19 bits per heavy atom. The molecule has 90 valence electrons. The highest BCUT2D eigenvalue weighted by Crippen LogP contribution is 2.26. The van der Waals surface area contributed by atoms with Crippen molar-refractivity contribution in [2.24, 2.45) is 0 Å². The minimum absolute atomic E-state index is 0.0322. The summed E-state index contributed by atoms with van der Waals surface area (Å²) in [7, 11) is 0. The molecule has 0 unspecified atom stereocenters. The van der Waals surface area contributed by atoms with Crippen LogP contribution in [0.5, 0.6) is 0 Å². The number of rotatable bonds is 1. The van der Waals surface area contributed by atoms with Gasteiger partial charge in [-0.1, -0.05) is 19.3 Å². The van der Waals surface area contributed by atoms with Crippen LogP contribution < -0.4 is 5.32 Å². The van der Waals surface area contributed by atoms with Gasteiger partial charge < -0.3 is 10.2 Å². The molecule has 2 amide bonds. The number of hydrogen-bond acceptors (Lipinski definition) is 2. The van der Waals surface area contributed by atoms with Crippen molar-refractivity contribution in [3.63, 3.8) is 0 Å². The van der Waals surface area contributed by atoms with E-state index in [-0.39, 0.29) is 24.4 Å². The minimum Gasteiger partial charge on any atom is -0.341 e. The van der Waals surface area contributed by atoms with Crippen molar-refractivity contribution >= 4 is 11.8 Å². The summed E-state index contributed by atoms with van der Waals surface area (Å²) < 4.78 is 0. The van der Waals surface area contributed by atoms with E-state index in [1.54, 1.807) is 18.7 Å². The fraction of sp³-hybridized carbons (Fsp3) is 0.833. The average molecular weight is 224 g/mol. The van der Waals surface area contributed by atoms with Crippen molar-refractivity contribution in [3.8, 4) is 0 Å². The van der Waals surface area contributed by atoms with E-state index in [2.05, 4.69) is 5.32 Å². The number of hydrogen-bond donors (Lipinski definition) is 1. The van der Waals surface area contributed by atoms with Crippen molar-refractivity contribution in [3.05, 3.63) is 0 Å². The van der Waals surface area contributed by atoms with Gasteiger partial charge in [0.1, 0.15) is 5.54 Å². The molecule has 0 radical (unpaired) electrons. The van der Waals surface area contributed by atoms with Gasteiger partial charge in [0.05, 0.1) is 6.54 Å². The SMILES string of the molecule is CC1(C)NC(=O)CN(C2CCCCC2)C1=O. The van der Waals surface area contributed by atoms with E-state index in [1.165, 1.54) is 19.3 Å². The Balaban J connectivity index is 2.12. The van der Waals surface area contributed by atoms with Gasteiger partial charge in [-0.2, -0.15) is 0 Å². The van der Waals surface area contributed by atoms with Crippen LogP contribution in [0.2, 0.25) is 0 Å². The first kappa shape index (κ1) is 11.4. The summed E-state index contributed by atoms with van der Waals surface area (Å²) in [5, 5.41) is 2.74. The molecular formula is C12H20N2O2. The third kappa shape index (κ3) is 2.06. The summed E-state index contributed by atoms with van der Waals surface area (Å²) >= 11 is 0. The maximum Gasteiger partial charge on any atom is 0.248 e. The number of carbonyl (C=O) groups is 2. The molecule has 2 aliphatic rings. The topological polar surface area (TPSA) is 49.4 Å². The normalized spacial score (nSPS) is 26.8. The monoisotopic (exact) mass is 224 g/mol. The largest absolute Gasteiger partial charge is 0.341 e.